The SMILES string of the molecule is CCCCCCCCCCCCOS(=O)(=O)[O-].[Cu+]. The van der Waals surface area contributed by atoms with E-state index in [2.05, 4.69) is 11.1 Å². The van der Waals surface area contributed by atoms with Gasteiger partial charge in [-0.3, -0.25) is 4.18 Å². The molecule has 0 rings (SSSR count). The summed E-state index contributed by atoms with van der Waals surface area (Å²) in [4.78, 5) is 0. The topological polar surface area (TPSA) is 66.4 Å². The van der Waals surface area contributed by atoms with E-state index in [0.717, 1.165) is 12.8 Å². The predicted molar refractivity (Wildman–Crippen MR) is 67.5 cm³/mol. The van der Waals surface area contributed by atoms with E-state index in [1.165, 1.54) is 44.9 Å². The van der Waals surface area contributed by atoms with Crippen molar-refractivity contribution in [2.24, 2.45) is 0 Å². The van der Waals surface area contributed by atoms with Crippen molar-refractivity contribution in [1.82, 2.24) is 0 Å². The van der Waals surface area contributed by atoms with Crippen molar-refractivity contribution in [2.45, 2.75) is 71.1 Å². The van der Waals surface area contributed by atoms with Gasteiger partial charge in [0.25, 0.3) is 0 Å². The fourth-order valence-corrected chi connectivity index (χ4v) is 2.07. The van der Waals surface area contributed by atoms with Crippen LogP contribution in [0.1, 0.15) is 71.1 Å². The predicted octanol–water partition coefficient (Wildman–Crippen LogP) is 3.38. The molecule has 0 radical (unpaired) electrons. The van der Waals surface area contributed by atoms with Crippen LogP contribution in [0.2, 0.25) is 0 Å². The van der Waals surface area contributed by atoms with Gasteiger partial charge < -0.3 is 4.55 Å². The Bertz CT molecular complexity index is 255. The second-order valence-electron chi connectivity index (χ2n) is 4.41. The van der Waals surface area contributed by atoms with Gasteiger partial charge in [-0.25, -0.2) is 8.42 Å². The zero-order chi connectivity index (χ0) is 13.0. The van der Waals surface area contributed by atoms with E-state index in [0.29, 0.717) is 6.42 Å². The first-order chi connectivity index (χ1) is 8.06. The largest absolute Gasteiger partial charge is 1.00 e. The Hall–Kier alpha value is 0.389. The van der Waals surface area contributed by atoms with Crippen molar-refractivity contribution in [2.75, 3.05) is 6.61 Å². The zero-order valence-electron chi connectivity index (χ0n) is 11.1. The molecule has 0 fully saturated rings. The molecule has 6 heteroatoms. The molecule has 0 aromatic heterocycles. The van der Waals surface area contributed by atoms with Crippen LogP contribution in [0, 0.1) is 0 Å². The number of hydrogen-bond acceptors (Lipinski definition) is 4. The monoisotopic (exact) mass is 328 g/mol. The van der Waals surface area contributed by atoms with Crippen LogP contribution in [0.3, 0.4) is 0 Å². The Labute approximate surface area is 122 Å². The van der Waals surface area contributed by atoms with E-state index < -0.39 is 10.4 Å². The maximum absolute atomic E-state index is 10.1. The van der Waals surface area contributed by atoms with Gasteiger partial charge in [-0.1, -0.05) is 64.7 Å². The molecule has 0 N–H and O–H groups in total. The average molecular weight is 329 g/mol. The number of rotatable bonds is 12. The summed E-state index contributed by atoms with van der Waals surface area (Å²) in [6.07, 6.45) is 11.7. The summed E-state index contributed by atoms with van der Waals surface area (Å²) in [6.45, 7) is 2.24. The first-order valence-corrected chi connectivity index (χ1v) is 8.00. The van der Waals surface area contributed by atoms with Crippen molar-refractivity contribution in [3.63, 3.8) is 0 Å². The summed E-state index contributed by atoms with van der Waals surface area (Å²) >= 11 is 0. The van der Waals surface area contributed by atoms with E-state index >= 15 is 0 Å². The average Bonchev–Trinajstić information content (AvgIpc) is 2.24. The maximum Gasteiger partial charge on any atom is 1.00 e. The fourth-order valence-electron chi connectivity index (χ4n) is 1.75. The Balaban J connectivity index is 0. The van der Waals surface area contributed by atoms with Crippen molar-refractivity contribution >= 4 is 10.4 Å². The van der Waals surface area contributed by atoms with E-state index in [1.807, 2.05) is 0 Å². The van der Waals surface area contributed by atoms with Crippen molar-refractivity contribution in [3.8, 4) is 0 Å². The Morgan fingerprint density at radius 3 is 1.61 bits per heavy atom. The zero-order valence-corrected chi connectivity index (χ0v) is 12.9. The van der Waals surface area contributed by atoms with Crippen molar-refractivity contribution in [3.05, 3.63) is 0 Å². The molecule has 0 unspecified atom stereocenters. The van der Waals surface area contributed by atoms with E-state index in [9.17, 15) is 13.0 Å². The molecule has 0 saturated carbocycles. The van der Waals surface area contributed by atoms with E-state index in [4.69, 9.17) is 0 Å². The Morgan fingerprint density at radius 1 is 0.833 bits per heavy atom. The van der Waals surface area contributed by atoms with Crippen LogP contribution in [0.25, 0.3) is 0 Å². The van der Waals surface area contributed by atoms with Gasteiger partial charge in [0, 0.05) is 0 Å². The summed E-state index contributed by atoms with van der Waals surface area (Å²) in [7, 11) is -4.48. The molecule has 0 aliphatic carbocycles. The molecule has 0 aromatic rings. The van der Waals surface area contributed by atoms with Crippen LogP contribution >= 0.6 is 0 Å². The second kappa shape index (κ2) is 13.8. The van der Waals surface area contributed by atoms with Gasteiger partial charge in [0.05, 0.1) is 6.61 Å². The first-order valence-electron chi connectivity index (χ1n) is 6.66. The molecule has 4 nitrogen and oxygen atoms in total. The molecule has 0 aliphatic rings. The molecule has 0 atom stereocenters. The fraction of sp³-hybridized carbons (Fsp3) is 1.00. The van der Waals surface area contributed by atoms with Crippen LogP contribution in [-0.4, -0.2) is 19.6 Å². The van der Waals surface area contributed by atoms with Gasteiger partial charge in [0.1, 0.15) is 0 Å². The summed E-state index contributed by atoms with van der Waals surface area (Å²) in [6, 6.07) is 0. The van der Waals surface area contributed by atoms with Crippen LogP contribution < -0.4 is 0 Å². The normalized spacial score (nSPS) is 11.2. The second-order valence-corrected chi connectivity index (χ2v) is 5.46. The van der Waals surface area contributed by atoms with Crippen molar-refractivity contribution < 1.29 is 34.2 Å². The summed E-state index contributed by atoms with van der Waals surface area (Å²) in [5, 5.41) is 0. The number of unbranched alkanes of at least 4 members (excludes halogenated alkanes) is 9. The van der Waals surface area contributed by atoms with Gasteiger partial charge in [0.15, 0.2) is 0 Å². The number of hydrogen-bond donors (Lipinski definition) is 0. The molecule has 0 amide bonds. The minimum atomic E-state index is -4.48. The Morgan fingerprint density at radius 2 is 1.22 bits per heavy atom. The van der Waals surface area contributed by atoms with E-state index in [-0.39, 0.29) is 23.7 Å². The quantitative estimate of drug-likeness (QED) is 0.238. The molecule has 18 heavy (non-hydrogen) atoms. The molecular weight excluding hydrogens is 304 g/mol. The summed E-state index contributed by atoms with van der Waals surface area (Å²) in [5.41, 5.74) is 0. The third-order valence-electron chi connectivity index (χ3n) is 2.73. The van der Waals surface area contributed by atoms with Gasteiger partial charge in [-0.15, -0.1) is 0 Å². The first kappa shape index (κ1) is 20.7. The van der Waals surface area contributed by atoms with Gasteiger partial charge in [-0.2, -0.15) is 0 Å². The smallest absolute Gasteiger partial charge is 0.726 e. The molecule has 114 valence electrons. The summed E-state index contributed by atoms with van der Waals surface area (Å²) < 4.78 is 34.5. The van der Waals surface area contributed by atoms with E-state index in [1.54, 1.807) is 0 Å². The van der Waals surface area contributed by atoms with Crippen LogP contribution in [0.4, 0.5) is 0 Å². The molecular formula is C12H25CuO4S. The molecule has 0 aliphatic heterocycles. The molecule has 0 aromatic carbocycles. The third-order valence-corrected chi connectivity index (χ3v) is 3.18. The molecule has 0 heterocycles. The van der Waals surface area contributed by atoms with Crippen LogP contribution in [0.5, 0.6) is 0 Å². The third kappa shape index (κ3) is 18.7. The van der Waals surface area contributed by atoms with Crippen LogP contribution in [0.15, 0.2) is 0 Å². The maximum atomic E-state index is 10.1. The van der Waals surface area contributed by atoms with Gasteiger partial charge in [0.2, 0.25) is 10.4 Å². The standard InChI is InChI=1S/C12H26O4S.Cu/c1-2-3-4-5-6-7-8-9-10-11-12-16-17(13,14)15;/h2-12H2,1H3,(H,13,14,15);/q;+1/p-1. The molecule has 0 spiro atoms. The summed E-state index contributed by atoms with van der Waals surface area (Å²) in [5.74, 6) is 0. The molecule has 0 saturated heterocycles. The minimum Gasteiger partial charge on any atom is -0.726 e. The Kier molecular flexibility index (Phi) is 15.9. The van der Waals surface area contributed by atoms with Crippen LogP contribution in [-0.2, 0) is 31.7 Å². The molecule has 0 bridgehead atoms. The van der Waals surface area contributed by atoms with Crippen molar-refractivity contribution in [1.29, 1.82) is 0 Å². The van der Waals surface area contributed by atoms with Gasteiger partial charge in [-0.05, 0) is 6.42 Å². The van der Waals surface area contributed by atoms with Gasteiger partial charge >= 0.3 is 17.1 Å². The minimum absolute atomic E-state index is 0.